The highest BCUT2D eigenvalue weighted by atomic mass is 32.2. The first-order chi connectivity index (χ1) is 9.85. The molecular formula is C17H19NO2S. The van der Waals surface area contributed by atoms with Crippen molar-refractivity contribution in [1.82, 2.24) is 0 Å². The van der Waals surface area contributed by atoms with E-state index in [9.17, 15) is 4.79 Å². The third kappa shape index (κ3) is 4.53. The van der Waals surface area contributed by atoms with Crippen LogP contribution in [-0.4, -0.2) is 11.6 Å². The summed E-state index contributed by atoms with van der Waals surface area (Å²) in [6, 6.07) is 15.0. The second-order valence-corrected chi connectivity index (χ2v) is 6.78. The van der Waals surface area contributed by atoms with Gasteiger partial charge in [0, 0.05) is 15.5 Å². The Bertz CT molecular complexity index is 630. The number of rotatable bonds is 3. The summed E-state index contributed by atoms with van der Waals surface area (Å²) in [4.78, 5) is 14.2. The molecule has 0 saturated carbocycles. The van der Waals surface area contributed by atoms with Crippen molar-refractivity contribution in [1.29, 1.82) is 0 Å². The molecule has 4 heteroatoms. The van der Waals surface area contributed by atoms with Gasteiger partial charge in [0.1, 0.15) is 5.60 Å². The number of esters is 1. The molecule has 0 bridgehead atoms. The van der Waals surface area contributed by atoms with Crippen LogP contribution in [0.1, 0.15) is 31.1 Å². The van der Waals surface area contributed by atoms with Gasteiger partial charge in [-0.2, -0.15) is 0 Å². The van der Waals surface area contributed by atoms with Gasteiger partial charge in [-0.05, 0) is 57.2 Å². The molecular weight excluding hydrogens is 282 g/mol. The Hall–Kier alpha value is -1.94. The maximum atomic E-state index is 12.3. The summed E-state index contributed by atoms with van der Waals surface area (Å²) in [5.74, 6) is -0.305. The zero-order valence-electron chi connectivity index (χ0n) is 12.4. The van der Waals surface area contributed by atoms with Gasteiger partial charge in [-0.1, -0.05) is 23.9 Å². The Morgan fingerprint density at radius 3 is 2.29 bits per heavy atom. The van der Waals surface area contributed by atoms with Crippen molar-refractivity contribution >= 4 is 23.4 Å². The quantitative estimate of drug-likeness (QED) is 0.675. The number of carbonyl (C=O) groups excluding carboxylic acids is 1. The predicted molar refractivity (Wildman–Crippen MR) is 86.6 cm³/mol. The Morgan fingerprint density at radius 1 is 1.05 bits per heavy atom. The number of nitrogen functional groups attached to an aromatic ring is 1. The lowest BCUT2D eigenvalue weighted by Gasteiger charge is -2.20. The maximum absolute atomic E-state index is 12.3. The van der Waals surface area contributed by atoms with Gasteiger partial charge in [-0.3, -0.25) is 0 Å². The summed E-state index contributed by atoms with van der Waals surface area (Å²) in [7, 11) is 0. The minimum Gasteiger partial charge on any atom is -0.456 e. The van der Waals surface area contributed by atoms with Crippen LogP contribution in [0.25, 0.3) is 0 Å². The van der Waals surface area contributed by atoms with Gasteiger partial charge in [0.25, 0.3) is 0 Å². The highest BCUT2D eigenvalue weighted by molar-refractivity contribution is 7.99. The third-order valence-corrected chi connectivity index (χ3v) is 3.70. The Morgan fingerprint density at radius 2 is 1.67 bits per heavy atom. The van der Waals surface area contributed by atoms with Crippen LogP contribution in [0.4, 0.5) is 5.69 Å². The van der Waals surface area contributed by atoms with Gasteiger partial charge in [-0.15, -0.1) is 0 Å². The molecule has 2 aromatic carbocycles. The Labute approximate surface area is 129 Å². The number of carbonyl (C=O) groups is 1. The molecule has 0 unspecified atom stereocenters. The summed E-state index contributed by atoms with van der Waals surface area (Å²) >= 11 is 1.52. The van der Waals surface area contributed by atoms with Crippen molar-refractivity contribution in [2.75, 3.05) is 5.73 Å². The fourth-order valence-corrected chi connectivity index (χ4v) is 2.65. The lowest BCUT2D eigenvalue weighted by Crippen LogP contribution is -2.24. The fourth-order valence-electron chi connectivity index (χ4n) is 1.72. The topological polar surface area (TPSA) is 52.3 Å². The Kier molecular flexibility index (Phi) is 4.58. The van der Waals surface area contributed by atoms with Crippen LogP contribution in [0.15, 0.2) is 58.3 Å². The average Bonchev–Trinajstić information content (AvgIpc) is 2.40. The van der Waals surface area contributed by atoms with Gasteiger partial charge >= 0.3 is 5.97 Å². The van der Waals surface area contributed by atoms with Crippen molar-refractivity contribution < 1.29 is 9.53 Å². The number of hydrogen-bond donors (Lipinski definition) is 1. The van der Waals surface area contributed by atoms with E-state index >= 15 is 0 Å². The molecule has 0 spiro atoms. The number of hydrogen-bond acceptors (Lipinski definition) is 4. The SMILES string of the molecule is CC(C)(C)OC(=O)c1ccccc1Sc1ccc(N)cc1. The minimum absolute atomic E-state index is 0.305. The third-order valence-electron chi connectivity index (χ3n) is 2.61. The van der Waals surface area contributed by atoms with E-state index < -0.39 is 5.60 Å². The monoisotopic (exact) mass is 301 g/mol. The fraction of sp³-hybridized carbons (Fsp3) is 0.235. The van der Waals surface area contributed by atoms with Crippen LogP contribution in [0.3, 0.4) is 0 Å². The summed E-state index contributed by atoms with van der Waals surface area (Å²) in [5, 5.41) is 0. The zero-order chi connectivity index (χ0) is 15.5. The smallest absolute Gasteiger partial charge is 0.339 e. The highest BCUT2D eigenvalue weighted by Gasteiger charge is 2.20. The lowest BCUT2D eigenvalue weighted by atomic mass is 10.1. The molecule has 0 atom stereocenters. The largest absolute Gasteiger partial charge is 0.456 e. The standard InChI is InChI=1S/C17H19NO2S/c1-17(2,3)20-16(19)14-6-4-5-7-15(14)21-13-10-8-12(18)9-11-13/h4-11H,18H2,1-3H3. The summed E-state index contributed by atoms with van der Waals surface area (Å²) < 4.78 is 5.45. The minimum atomic E-state index is -0.504. The van der Waals surface area contributed by atoms with Crippen LogP contribution < -0.4 is 5.73 Å². The molecule has 2 aromatic rings. The van der Waals surface area contributed by atoms with Gasteiger partial charge < -0.3 is 10.5 Å². The Balaban J connectivity index is 2.24. The molecule has 2 N–H and O–H groups in total. The van der Waals surface area contributed by atoms with Crippen LogP contribution >= 0.6 is 11.8 Å². The number of benzene rings is 2. The van der Waals surface area contributed by atoms with E-state index in [1.165, 1.54) is 11.8 Å². The molecule has 0 saturated heterocycles. The molecule has 0 aliphatic heterocycles. The lowest BCUT2D eigenvalue weighted by molar-refractivity contribution is 0.00656. The predicted octanol–water partition coefficient (Wildman–Crippen LogP) is 4.38. The number of nitrogens with two attached hydrogens (primary N) is 1. The summed E-state index contributed by atoms with van der Waals surface area (Å²) in [6.07, 6.45) is 0. The molecule has 0 fully saturated rings. The molecule has 3 nitrogen and oxygen atoms in total. The molecule has 2 rings (SSSR count). The van der Waals surface area contributed by atoms with Crippen LogP contribution in [0, 0.1) is 0 Å². The van der Waals surface area contributed by atoms with Crippen LogP contribution in [0.5, 0.6) is 0 Å². The van der Waals surface area contributed by atoms with E-state index in [0.717, 1.165) is 15.5 Å². The second kappa shape index (κ2) is 6.22. The van der Waals surface area contributed by atoms with E-state index in [4.69, 9.17) is 10.5 Å². The van der Waals surface area contributed by atoms with Gasteiger partial charge in [-0.25, -0.2) is 4.79 Å². The second-order valence-electron chi connectivity index (χ2n) is 5.67. The normalized spacial score (nSPS) is 11.2. The van der Waals surface area contributed by atoms with Crippen molar-refractivity contribution in [3.8, 4) is 0 Å². The molecule has 0 amide bonds. The first kappa shape index (κ1) is 15.4. The van der Waals surface area contributed by atoms with Crippen molar-refractivity contribution in [2.24, 2.45) is 0 Å². The highest BCUT2D eigenvalue weighted by Crippen LogP contribution is 2.31. The van der Waals surface area contributed by atoms with E-state index in [-0.39, 0.29) is 5.97 Å². The number of ether oxygens (including phenoxy) is 1. The van der Waals surface area contributed by atoms with Gasteiger partial charge in [0.15, 0.2) is 0 Å². The molecule has 0 radical (unpaired) electrons. The molecule has 21 heavy (non-hydrogen) atoms. The van der Waals surface area contributed by atoms with Crippen molar-refractivity contribution in [2.45, 2.75) is 36.2 Å². The number of anilines is 1. The molecule has 110 valence electrons. The maximum Gasteiger partial charge on any atom is 0.339 e. The van der Waals surface area contributed by atoms with Crippen LogP contribution in [-0.2, 0) is 4.74 Å². The van der Waals surface area contributed by atoms with Gasteiger partial charge in [0.2, 0.25) is 0 Å². The molecule has 0 aliphatic carbocycles. The van der Waals surface area contributed by atoms with Crippen molar-refractivity contribution in [3.05, 3.63) is 54.1 Å². The van der Waals surface area contributed by atoms with Gasteiger partial charge in [0.05, 0.1) is 5.56 Å². The molecule has 0 aromatic heterocycles. The summed E-state index contributed by atoms with van der Waals surface area (Å²) in [5.41, 5.74) is 6.48. The first-order valence-corrected chi connectivity index (χ1v) is 7.52. The van der Waals surface area contributed by atoms with E-state index in [1.807, 2.05) is 63.2 Å². The van der Waals surface area contributed by atoms with E-state index in [2.05, 4.69) is 0 Å². The van der Waals surface area contributed by atoms with E-state index in [0.29, 0.717) is 5.56 Å². The van der Waals surface area contributed by atoms with E-state index in [1.54, 1.807) is 6.07 Å². The zero-order valence-corrected chi connectivity index (χ0v) is 13.2. The average molecular weight is 301 g/mol. The molecule has 0 heterocycles. The first-order valence-electron chi connectivity index (χ1n) is 6.71. The van der Waals surface area contributed by atoms with Crippen LogP contribution in [0.2, 0.25) is 0 Å². The van der Waals surface area contributed by atoms with Crippen molar-refractivity contribution in [3.63, 3.8) is 0 Å². The molecule has 0 aliphatic rings. The summed E-state index contributed by atoms with van der Waals surface area (Å²) in [6.45, 7) is 5.59.